The van der Waals surface area contributed by atoms with E-state index in [-0.39, 0.29) is 5.54 Å². The molecule has 4 nitrogen and oxygen atoms in total. The van der Waals surface area contributed by atoms with E-state index < -0.39 is 0 Å². The predicted molar refractivity (Wildman–Crippen MR) is 62.7 cm³/mol. The fraction of sp³-hybridized carbons (Fsp3) is 0.538. The van der Waals surface area contributed by atoms with Crippen molar-refractivity contribution in [2.75, 3.05) is 0 Å². The van der Waals surface area contributed by atoms with Gasteiger partial charge in [-0.25, -0.2) is 4.98 Å². The zero-order chi connectivity index (χ0) is 12.6. The molecule has 0 aliphatic heterocycles. The van der Waals surface area contributed by atoms with Crippen LogP contribution in [0.3, 0.4) is 0 Å². The number of hydrogen-bond acceptors (Lipinski definition) is 3. The van der Waals surface area contributed by atoms with E-state index >= 15 is 0 Å². The molecule has 0 saturated heterocycles. The summed E-state index contributed by atoms with van der Waals surface area (Å²) in [6, 6.07) is 0. The second-order valence-corrected chi connectivity index (χ2v) is 5.12. The number of aryl methyl sites for hydroxylation is 1. The highest BCUT2D eigenvalue weighted by Gasteiger charge is 2.36. The van der Waals surface area contributed by atoms with Gasteiger partial charge < -0.3 is 8.83 Å². The van der Waals surface area contributed by atoms with Gasteiger partial charge in [-0.1, -0.05) is 13.8 Å². The Balaban J connectivity index is 2.37. The van der Waals surface area contributed by atoms with Crippen molar-refractivity contribution in [2.24, 2.45) is 0 Å². The number of hydrogen-bond donors (Lipinski definition) is 0. The first kappa shape index (κ1) is 11.9. The van der Waals surface area contributed by atoms with Crippen LogP contribution < -0.4 is 4.57 Å². The van der Waals surface area contributed by atoms with Crippen LogP contribution in [0.15, 0.2) is 27.6 Å². The summed E-state index contributed by atoms with van der Waals surface area (Å²) in [5.41, 5.74) is -0.294. The first-order valence-electron chi connectivity index (χ1n) is 5.84. The summed E-state index contributed by atoms with van der Waals surface area (Å²) in [4.78, 5) is 4.14. The van der Waals surface area contributed by atoms with Crippen molar-refractivity contribution < 1.29 is 13.4 Å². The summed E-state index contributed by atoms with van der Waals surface area (Å²) in [5, 5.41) is 0. The van der Waals surface area contributed by atoms with Crippen molar-refractivity contribution >= 4 is 0 Å². The van der Waals surface area contributed by atoms with Gasteiger partial charge in [0.2, 0.25) is 11.7 Å². The standard InChI is InChI=1S/C13H19N2O2/c1-9(2)11-7-15(8-16-11)13(4,5)12-6-14-10(3)17-12/h6-9H,1-5H3/q+1. The van der Waals surface area contributed by atoms with Crippen LogP contribution >= 0.6 is 0 Å². The van der Waals surface area contributed by atoms with Crippen LogP contribution in [0.1, 0.15) is 51.0 Å². The minimum absolute atomic E-state index is 0.294. The summed E-state index contributed by atoms with van der Waals surface area (Å²) < 4.78 is 13.2. The average molecular weight is 235 g/mol. The Morgan fingerprint density at radius 1 is 1.35 bits per heavy atom. The molecule has 0 N–H and O–H groups in total. The molecule has 2 rings (SSSR count). The van der Waals surface area contributed by atoms with E-state index in [1.165, 1.54) is 0 Å². The summed E-state index contributed by atoms with van der Waals surface area (Å²) in [7, 11) is 0. The zero-order valence-corrected chi connectivity index (χ0v) is 11.0. The Morgan fingerprint density at radius 3 is 2.53 bits per heavy atom. The van der Waals surface area contributed by atoms with E-state index in [9.17, 15) is 0 Å². The molecule has 2 aromatic heterocycles. The lowest BCUT2D eigenvalue weighted by molar-refractivity contribution is -0.751. The van der Waals surface area contributed by atoms with Crippen LogP contribution in [-0.2, 0) is 5.54 Å². The lowest BCUT2D eigenvalue weighted by Gasteiger charge is -2.12. The van der Waals surface area contributed by atoms with E-state index in [2.05, 4.69) is 32.7 Å². The van der Waals surface area contributed by atoms with Crippen LogP contribution in [0.5, 0.6) is 0 Å². The van der Waals surface area contributed by atoms with E-state index in [0.717, 1.165) is 11.5 Å². The Morgan fingerprint density at radius 2 is 2.06 bits per heavy atom. The Kier molecular flexibility index (Phi) is 2.81. The highest BCUT2D eigenvalue weighted by atomic mass is 16.4. The van der Waals surface area contributed by atoms with Crippen LogP contribution in [0.25, 0.3) is 0 Å². The Hall–Kier alpha value is -1.58. The monoisotopic (exact) mass is 235 g/mol. The van der Waals surface area contributed by atoms with Crippen molar-refractivity contribution in [2.45, 2.75) is 46.1 Å². The molecule has 17 heavy (non-hydrogen) atoms. The molecule has 0 saturated carbocycles. The van der Waals surface area contributed by atoms with Crippen LogP contribution in [0, 0.1) is 6.92 Å². The fourth-order valence-corrected chi connectivity index (χ4v) is 1.67. The van der Waals surface area contributed by atoms with E-state index in [0.29, 0.717) is 11.8 Å². The second-order valence-electron chi connectivity index (χ2n) is 5.12. The topological polar surface area (TPSA) is 43.0 Å². The van der Waals surface area contributed by atoms with Crippen molar-refractivity contribution in [1.29, 1.82) is 0 Å². The van der Waals surface area contributed by atoms with E-state index in [1.54, 1.807) is 12.6 Å². The first-order chi connectivity index (χ1) is 7.91. The Labute approximate surface area is 101 Å². The molecule has 0 amide bonds. The maximum absolute atomic E-state index is 5.60. The molecule has 0 radical (unpaired) electrons. The molecule has 0 spiro atoms. The van der Waals surface area contributed by atoms with Gasteiger partial charge in [-0.15, -0.1) is 0 Å². The molecular formula is C13H19N2O2+. The average Bonchev–Trinajstić information content (AvgIpc) is 2.85. The van der Waals surface area contributed by atoms with Crippen molar-refractivity contribution in [3.05, 3.63) is 36.2 Å². The lowest BCUT2D eigenvalue weighted by atomic mass is 10.0. The molecule has 0 bridgehead atoms. The quantitative estimate of drug-likeness (QED) is 0.768. The molecule has 0 aromatic carbocycles. The van der Waals surface area contributed by atoms with Gasteiger partial charge in [0.05, 0.1) is 6.20 Å². The molecule has 0 fully saturated rings. The number of oxazole rings is 2. The van der Waals surface area contributed by atoms with Crippen molar-refractivity contribution in [1.82, 2.24) is 4.98 Å². The highest BCUT2D eigenvalue weighted by Crippen LogP contribution is 2.22. The number of aromatic nitrogens is 2. The van der Waals surface area contributed by atoms with E-state index in [4.69, 9.17) is 8.83 Å². The largest absolute Gasteiger partial charge is 0.439 e. The van der Waals surface area contributed by atoms with Crippen LogP contribution in [0.4, 0.5) is 0 Å². The third kappa shape index (κ3) is 2.12. The molecule has 0 unspecified atom stereocenters. The van der Waals surface area contributed by atoms with Gasteiger partial charge in [-0.2, -0.15) is 4.57 Å². The zero-order valence-electron chi connectivity index (χ0n) is 11.0. The van der Waals surface area contributed by atoms with Crippen molar-refractivity contribution in [3.8, 4) is 0 Å². The molecular weight excluding hydrogens is 216 g/mol. The van der Waals surface area contributed by atoms with Gasteiger partial charge in [0.1, 0.15) is 0 Å². The Bertz CT molecular complexity index is 509. The number of nitrogens with zero attached hydrogens (tertiary/aromatic N) is 2. The van der Waals surface area contributed by atoms with Crippen molar-refractivity contribution in [3.63, 3.8) is 0 Å². The summed E-state index contributed by atoms with van der Waals surface area (Å²) >= 11 is 0. The minimum Gasteiger partial charge on any atom is -0.439 e. The summed E-state index contributed by atoms with van der Waals surface area (Å²) in [5.74, 6) is 2.86. The predicted octanol–water partition coefficient (Wildman–Crippen LogP) is 2.77. The summed E-state index contributed by atoms with van der Waals surface area (Å²) in [6.45, 7) is 10.2. The van der Waals surface area contributed by atoms with Crippen LogP contribution in [0.2, 0.25) is 0 Å². The van der Waals surface area contributed by atoms with Gasteiger partial charge >= 0.3 is 6.39 Å². The molecule has 2 aromatic rings. The smallest absolute Gasteiger partial charge is 0.335 e. The number of rotatable bonds is 3. The molecule has 2 heterocycles. The SMILES string of the molecule is Cc1ncc(C(C)(C)[n+]2coc(C(C)C)c2)o1. The van der Waals surface area contributed by atoms with Crippen LogP contribution in [-0.4, -0.2) is 4.98 Å². The fourth-order valence-electron chi connectivity index (χ4n) is 1.67. The minimum atomic E-state index is -0.294. The van der Waals surface area contributed by atoms with Gasteiger partial charge in [0.25, 0.3) is 0 Å². The highest BCUT2D eigenvalue weighted by molar-refractivity contribution is 5.03. The molecule has 0 atom stereocenters. The van der Waals surface area contributed by atoms with Gasteiger partial charge in [-0.05, 0) is 0 Å². The first-order valence-corrected chi connectivity index (χ1v) is 5.84. The molecule has 0 aliphatic rings. The normalized spacial score (nSPS) is 12.4. The third-order valence-electron chi connectivity index (χ3n) is 3.01. The maximum atomic E-state index is 5.60. The molecule has 92 valence electrons. The molecule has 0 aliphatic carbocycles. The van der Waals surface area contributed by atoms with Gasteiger partial charge in [0, 0.05) is 26.7 Å². The lowest BCUT2D eigenvalue weighted by Crippen LogP contribution is -2.51. The maximum Gasteiger partial charge on any atom is 0.335 e. The van der Waals surface area contributed by atoms with Gasteiger partial charge in [0.15, 0.2) is 17.4 Å². The van der Waals surface area contributed by atoms with Gasteiger partial charge in [-0.3, -0.25) is 0 Å². The van der Waals surface area contributed by atoms with E-state index in [1.807, 2.05) is 17.7 Å². The molecule has 4 heteroatoms. The second kappa shape index (κ2) is 4.02. The third-order valence-corrected chi connectivity index (χ3v) is 3.01. The summed E-state index contributed by atoms with van der Waals surface area (Å²) in [6.07, 6.45) is 5.51.